The molecule has 0 fully saturated rings. The number of aromatic nitrogens is 3. The van der Waals surface area contributed by atoms with Gasteiger partial charge in [-0.25, -0.2) is 0 Å². The molecule has 0 atom stereocenters. The third kappa shape index (κ3) is 3.67. The fourth-order valence-corrected chi connectivity index (χ4v) is 2.52. The number of aryl methyl sites for hydroxylation is 1. The van der Waals surface area contributed by atoms with Gasteiger partial charge in [0.1, 0.15) is 5.69 Å². The van der Waals surface area contributed by atoms with E-state index in [0.717, 1.165) is 28.2 Å². The summed E-state index contributed by atoms with van der Waals surface area (Å²) in [4.78, 5) is 3.71. The summed E-state index contributed by atoms with van der Waals surface area (Å²) in [6, 6.07) is 20.4. The Labute approximate surface area is 153 Å². The Morgan fingerprint density at radius 3 is 1.48 bits per heavy atom. The number of nitrogens with zero attached hydrogens (tertiary/aromatic N) is 4. The fourth-order valence-electron chi connectivity index (χ4n) is 2.52. The second kappa shape index (κ2) is 7.50. The molecule has 3 rings (SSSR count). The molecule has 0 saturated heterocycles. The smallest absolute Gasteiger partial charge is 0.193 e. The normalized spacial score (nSPS) is 10.0. The van der Waals surface area contributed by atoms with Gasteiger partial charge in [0.15, 0.2) is 18.4 Å². The van der Waals surface area contributed by atoms with E-state index < -0.39 is 0 Å². The van der Waals surface area contributed by atoms with Crippen LogP contribution in [0.1, 0.15) is 0 Å². The van der Waals surface area contributed by atoms with Gasteiger partial charge in [-0.15, -0.1) is 0 Å². The number of anilines is 1. The lowest BCUT2D eigenvalue weighted by Crippen LogP contribution is -3.00. The Hall–Kier alpha value is -2.02. The lowest BCUT2D eigenvalue weighted by atomic mass is 10.0. The standard InChI is InChI=1S/C18H19N4.HI/c1-21(2)18-16(14-10-6-4-7-11-14)19-22(3)20-17(18)15-12-8-5-9-13-15;/h4-13H,1-3H3;1H/q+1;/p-1. The lowest BCUT2D eigenvalue weighted by Gasteiger charge is -2.17. The summed E-state index contributed by atoms with van der Waals surface area (Å²) in [5.41, 5.74) is 5.06. The zero-order chi connectivity index (χ0) is 15.5. The van der Waals surface area contributed by atoms with Crippen LogP contribution in [0.5, 0.6) is 0 Å². The van der Waals surface area contributed by atoms with E-state index >= 15 is 0 Å². The van der Waals surface area contributed by atoms with Crippen LogP contribution < -0.4 is 33.7 Å². The molecule has 0 radical (unpaired) electrons. The SMILES string of the molecule is CN(C)c1c(-c2ccccc2)n[n+](C)nc1-c1ccccc1.[I-]. The van der Waals surface area contributed by atoms with Gasteiger partial charge in [0, 0.05) is 40.2 Å². The molecule has 0 bridgehead atoms. The van der Waals surface area contributed by atoms with Gasteiger partial charge in [-0.2, -0.15) is 0 Å². The molecule has 1 heterocycles. The van der Waals surface area contributed by atoms with Crippen LogP contribution in [-0.4, -0.2) is 24.3 Å². The number of benzene rings is 2. The maximum absolute atomic E-state index is 4.61. The van der Waals surface area contributed by atoms with Gasteiger partial charge in [-0.3, -0.25) is 0 Å². The Bertz CT molecular complexity index is 713. The van der Waals surface area contributed by atoms with Crippen molar-refractivity contribution in [1.29, 1.82) is 0 Å². The summed E-state index contributed by atoms with van der Waals surface area (Å²) < 4.78 is 0. The van der Waals surface area contributed by atoms with E-state index in [2.05, 4.69) is 39.4 Å². The maximum atomic E-state index is 4.61. The Morgan fingerprint density at radius 1 is 0.739 bits per heavy atom. The molecule has 3 aromatic rings. The molecule has 0 aliphatic carbocycles. The zero-order valence-corrected chi connectivity index (χ0v) is 15.6. The Morgan fingerprint density at radius 2 is 1.13 bits per heavy atom. The van der Waals surface area contributed by atoms with Gasteiger partial charge in [0.2, 0.25) is 0 Å². The third-order valence-electron chi connectivity index (χ3n) is 3.48. The molecule has 4 nitrogen and oxygen atoms in total. The van der Waals surface area contributed by atoms with Crippen LogP contribution in [0.2, 0.25) is 0 Å². The molecule has 0 spiro atoms. The van der Waals surface area contributed by atoms with E-state index in [1.165, 1.54) is 0 Å². The molecule has 2 aromatic carbocycles. The first-order chi connectivity index (χ1) is 10.7. The first kappa shape index (κ1) is 17.3. The Balaban J connectivity index is 0.00000192. The van der Waals surface area contributed by atoms with Crippen LogP contribution in [-0.2, 0) is 7.05 Å². The molecule has 5 heteroatoms. The van der Waals surface area contributed by atoms with E-state index in [4.69, 9.17) is 0 Å². The van der Waals surface area contributed by atoms with E-state index in [9.17, 15) is 0 Å². The van der Waals surface area contributed by atoms with Crippen molar-refractivity contribution in [3.8, 4) is 22.5 Å². The highest BCUT2D eigenvalue weighted by Crippen LogP contribution is 2.34. The lowest BCUT2D eigenvalue weighted by molar-refractivity contribution is -0.784. The molecule has 0 amide bonds. The van der Waals surface area contributed by atoms with Crippen molar-refractivity contribution < 1.29 is 28.8 Å². The zero-order valence-electron chi connectivity index (χ0n) is 13.4. The molecule has 0 aliphatic rings. The second-order valence-electron chi connectivity index (χ2n) is 5.36. The highest BCUT2D eigenvalue weighted by molar-refractivity contribution is 5.85. The molecule has 0 N–H and O–H groups in total. The predicted octanol–water partition coefficient (Wildman–Crippen LogP) is -0.295. The first-order valence-electron chi connectivity index (χ1n) is 7.23. The molecular formula is C18H19IN4. The van der Waals surface area contributed by atoms with Crippen molar-refractivity contribution in [3.63, 3.8) is 0 Å². The number of hydrogen-bond donors (Lipinski definition) is 0. The average Bonchev–Trinajstić information content (AvgIpc) is 2.55. The summed E-state index contributed by atoms with van der Waals surface area (Å²) in [5, 5.41) is 9.23. The van der Waals surface area contributed by atoms with E-state index in [1.54, 1.807) is 4.80 Å². The van der Waals surface area contributed by atoms with Crippen LogP contribution in [0.25, 0.3) is 22.5 Å². The third-order valence-corrected chi connectivity index (χ3v) is 3.48. The molecule has 1 aromatic heterocycles. The van der Waals surface area contributed by atoms with Crippen molar-refractivity contribution in [2.75, 3.05) is 19.0 Å². The van der Waals surface area contributed by atoms with Gasteiger partial charge in [0.25, 0.3) is 0 Å². The quantitative estimate of drug-likeness (QED) is 0.433. The van der Waals surface area contributed by atoms with Crippen molar-refractivity contribution >= 4 is 5.69 Å². The summed E-state index contributed by atoms with van der Waals surface area (Å²) >= 11 is 0. The number of rotatable bonds is 3. The molecular weight excluding hydrogens is 399 g/mol. The highest BCUT2D eigenvalue weighted by atomic mass is 127. The number of halogens is 1. The van der Waals surface area contributed by atoms with Gasteiger partial charge in [-0.1, -0.05) is 60.7 Å². The van der Waals surface area contributed by atoms with Crippen LogP contribution in [0.15, 0.2) is 60.7 Å². The minimum atomic E-state index is 0. The van der Waals surface area contributed by atoms with Gasteiger partial charge in [-0.05, 0) is 0 Å². The first-order valence-corrected chi connectivity index (χ1v) is 7.23. The van der Waals surface area contributed by atoms with Crippen molar-refractivity contribution in [1.82, 2.24) is 10.2 Å². The van der Waals surface area contributed by atoms with Gasteiger partial charge >= 0.3 is 0 Å². The van der Waals surface area contributed by atoms with E-state index in [-0.39, 0.29) is 24.0 Å². The van der Waals surface area contributed by atoms with Gasteiger partial charge < -0.3 is 28.9 Å². The fraction of sp³-hybridized carbons (Fsp3) is 0.167. The average molecular weight is 418 g/mol. The predicted molar refractivity (Wildman–Crippen MR) is 88.4 cm³/mol. The van der Waals surface area contributed by atoms with Crippen LogP contribution in [0.4, 0.5) is 5.69 Å². The molecule has 118 valence electrons. The summed E-state index contributed by atoms with van der Waals surface area (Å²) in [5.74, 6) is 0. The molecule has 0 unspecified atom stereocenters. The van der Waals surface area contributed by atoms with Crippen molar-refractivity contribution in [2.45, 2.75) is 0 Å². The Kier molecular flexibility index (Phi) is 5.65. The molecule has 0 saturated carbocycles. The van der Waals surface area contributed by atoms with Gasteiger partial charge in [0.05, 0.1) is 0 Å². The van der Waals surface area contributed by atoms with E-state index in [0.29, 0.717) is 0 Å². The summed E-state index contributed by atoms with van der Waals surface area (Å²) in [7, 11) is 5.91. The summed E-state index contributed by atoms with van der Waals surface area (Å²) in [6.45, 7) is 0. The van der Waals surface area contributed by atoms with Crippen molar-refractivity contribution in [3.05, 3.63) is 60.7 Å². The summed E-state index contributed by atoms with van der Waals surface area (Å²) in [6.07, 6.45) is 0. The number of hydrogen-bond acceptors (Lipinski definition) is 3. The second-order valence-corrected chi connectivity index (χ2v) is 5.36. The monoisotopic (exact) mass is 418 g/mol. The topological polar surface area (TPSA) is 32.9 Å². The van der Waals surface area contributed by atoms with Crippen LogP contribution >= 0.6 is 0 Å². The molecule has 23 heavy (non-hydrogen) atoms. The van der Waals surface area contributed by atoms with Crippen LogP contribution in [0.3, 0.4) is 0 Å². The minimum absolute atomic E-state index is 0. The highest BCUT2D eigenvalue weighted by Gasteiger charge is 2.22. The van der Waals surface area contributed by atoms with Crippen LogP contribution in [0, 0.1) is 0 Å². The maximum Gasteiger partial charge on any atom is 0.193 e. The van der Waals surface area contributed by atoms with Crippen molar-refractivity contribution in [2.24, 2.45) is 7.05 Å². The molecule has 0 aliphatic heterocycles. The largest absolute Gasteiger partial charge is 1.00 e. The minimum Gasteiger partial charge on any atom is -1.00 e. The van der Waals surface area contributed by atoms with E-state index in [1.807, 2.05) is 57.5 Å².